The number of nitrogens with one attached hydrogen (secondary N) is 1. The van der Waals surface area contributed by atoms with E-state index in [1.54, 1.807) is 7.11 Å². The number of benzene rings is 3. The highest BCUT2D eigenvalue weighted by Crippen LogP contribution is 2.46. The van der Waals surface area contributed by atoms with Gasteiger partial charge in [0.1, 0.15) is 11.4 Å². The van der Waals surface area contributed by atoms with Crippen LogP contribution in [0.4, 0.5) is 0 Å². The Hall–Kier alpha value is -3.85. The molecule has 0 aliphatic carbocycles. The molecule has 1 N–H and O–H groups in total. The van der Waals surface area contributed by atoms with Gasteiger partial charge in [0.05, 0.1) is 38.8 Å². The molecule has 4 atom stereocenters. The largest absolute Gasteiger partial charge is 0.497 e. The van der Waals surface area contributed by atoms with Crippen molar-refractivity contribution in [1.29, 1.82) is 0 Å². The first-order valence-electron chi connectivity index (χ1n) is 16.4. The minimum Gasteiger partial charge on any atom is -0.497 e. The fourth-order valence-corrected chi connectivity index (χ4v) is 7.72. The van der Waals surface area contributed by atoms with Crippen LogP contribution >= 0.6 is 0 Å². The zero-order valence-electron chi connectivity index (χ0n) is 29.5. The molecule has 1 saturated heterocycles. The number of rotatable bonds is 13. The first-order valence-corrected chi connectivity index (χ1v) is 21.2. The Morgan fingerprint density at radius 2 is 1.40 bits per heavy atom. The van der Waals surface area contributed by atoms with Crippen molar-refractivity contribution in [3.05, 3.63) is 135 Å². The molecule has 1 aliphatic heterocycles. The van der Waals surface area contributed by atoms with Crippen LogP contribution in [-0.4, -0.2) is 65.1 Å². The maximum atomic E-state index is 13.2. The second kappa shape index (κ2) is 14.8. The summed E-state index contributed by atoms with van der Waals surface area (Å²) in [5, 5.41) is -0.242. The molecular weight excluding hydrogens is 677 g/mol. The van der Waals surface area contributed by atoms with Crippen molar-refractivity contribution in [2.75, 3.05) is 26.6 Å². The zero-order valence-corrected chi connectivity index (χ0v) is 31.3. The SMILES string of the molecule is COc1ccc(C(OC[C@H]2O[C@@H](n3ccc(=O)[nH]c3=O)[C@H](O[Si](C)(C)C(C)(C)C)[C@@H]2COS(C)(=O)=O)(c2ccccc2)c2ccccc2)cc1. The summed E-state index contributed by atoms with van der Waals surface area (Å²) in [7, 11) is -4.84. The minimum atomic E-state index is -3.87. The topological polar surface area (TPSA) is 135 Å². The maximum absolute atomic E-state index is 13.2. The predicted molar refractivity (Wildman–Crippen MR) is 193 cm³/mol. The molecule has 1 aromatic heterocycles. The van der Waals surface area contributed by atoms with Gasteiger partial charge in [0.25, 0.3) is 15.7 Å². The second-order valence-electron chi connectivity index (χ2n) is 14.0. The van der Waals surface area contributed by atoms with E-state index in [9.17, 15) is 18.0 Å². The normalized spacial score (nSPS) is 20.1. The third-order valence-electron chi connectivity index (χ3n) is 9.65. The quantitative estimate of drug-likeness (QED) is 0.109. The van der Waals surface area contributed by atoms with E-state index in [1.807, 2.05) is 84.9 Å². The summed E-state index contributed by atoms with van der Waals surface area (Å²) in [6.45, 7) is 10.0. The predicted octanol–water partition coefficient (Wildman–Crippen LogP) is 5.43. The lowest BCUT2D eigenvalue weighted by molar-refractivity contribution is -0.0909. The van der Waals surface area contributed by atoms with Crippen LogP contribution in [0.1, 0.15) is 43.7 Å². The minimum absolute atomic E-state index is 0.0560. The van der Waals surface area contributed by atoms with Crippen molar-refractivity contribution in [1.82, 2.24) is 9.55 Å². The van der Waals surface area contributed by atoms with Crippen LogP contribution in [-0.2, 0) is 33.8 Å². The molecule has 2 heterocycles. The van der Waals surface area contributed by atoms with Gasteiger partial charge < -0.3 is 18.6 Å². The van der Waals surface area contributed by atoms with Crippen LogP contribution < -0.4 is 16.0 Å². The molecule has 0 bridgehead atoms. The first kappa shape index (κ1) is 37.4. The highest BCUT2D eigenvalue weighted by molar-refractivity contribution is 7.85. The second-order valence-corrected chi connectivity index (χ2v) is 20.4. The van der Waals surface area contributed by atoms with Crippen LogP contribution in [0, 0.1) is 5.92 Å². The van der Waals surface area contributed by atoms with Gasteiger partial charge in [-0.3, -0.25) is 18.5 Å². The number of methoxy groups -OCH3 is 1. The molecule has 0 amide bonds. The van der Waals surface area contributed by atoms with Crippen molar-refractivity contribution in [3.63, 3.8) is 0 Å². The van der Waals surface area contributed by atoms with Gasteiger partial charge in [-0.25, -0.2) is 4.79 Å². The molecule has 5 rings (SSSR count). The van der Waals surface area contributed by atoms with Crippen molar-refractivity contribution in [2.45, 2.75) is 62.9 Å². The van der Waals surface area contributed by atoms with Gasteiger partial charge in [-0.15, -0.1) is 0 Å². The van der Waals surface area contributed by atoms with E-state index >= 15 is 0 Å². The molecule has 1 aliphatic rings. The molecule has 268 valence electrons. The standard InChI is InChI=1S/C37H46N2O9SSi/c1-36(2,3)50(6,7)48-33-30(24-46-49(5,42)43)31(47-34(33)39-23-22-32(40)38-35(39)41)25-45-37(26-14-10-8-11-15-26,27-16-12-9-13-17-27)28-18-20-29(44-4)21-19-28/h8-23,30-31,33-34H,24-25H2,1-7H3,(H,38,40,41)/t30-,31-,33-,34-/m1/s1. The van der Waals surface area contributed by atoms with Crippen molar-refractivity contribution in [2.24, 2.45) is 5.92 Å². The highest BCUT2D eigenvalue weighted by atomic mass is 32.2. The Balaban J connectivity index is 1.65. The summed E-state index contributed by atoms with van der Waals surface area (Å²) in [5.41, 5.74) is 0.125. The summed E-state index contributed by atoms with van der Waals surface area (Å²) in [6, 6.07) is 28.5. The summed E-state index contributed by atoms with van der Waals surface area (Å²) in [5.74, 6) is -0.0245. The van der Waals surface area contributed by atoms with Gasteiger partial charge in [0, 0.05) is 18.2 Å². The number of hydrogen-bond donors (Lipinski definition) is 1. The monoisotopic (exact) mass is 722 g/mol. The molecule has 50 heavy (non-hydrogen) atoms. The Morgan fingerprint density at radius 1 is 0.840 bits per heavy atom. The van der Waals surface area contributed by atoms with E-state index in [0.29, 0.717) is 5.75 Å². The lowest BCUT2D eigenvalue weighted by atomic mass is 9.80. The molecule has 0 saturated carbocycles. The third kappa shape index (κ3) is 8.03. The molecule has 1 fully saturated rings. The number of nitrogens with zero attached hydrogens (tertiary/aromatic N) is 1. The van der Waals surface area contributed by atoms with E-state index in [1.165, 1.54) is 16.8 Å². The number of hydrogen-bond acceptors (Lipinski definition) is 9. The number of aromatic amines is 1. The Kier molecular flexibility index (Phi) is 11.1. The molecule has 0 radical (unpaired) electrons. The maximum Gasteiger partial charge on any atom is 0.330 e. The fraction of sp³-hybridized carbons (Fsp3) is 0.405. The highest BCUT2D eigenvalue weighted by Gasteiger charge is 2.52. The molecule has 13 heteroatoms. The lowest BCUT2D eigenvalue weighted by Gasteiger charge is -2.41. The van der Waals surface area contributed by atoms with Gasteiger partial charge in [-0.1, -0.05) is 93.6 Å². The first-order chi connectivity index (χ1) is 23.6. The van der Waals surface area contributed by atoms with Crippen molar-refractivity contribution < 1.29 is 31.2 Å². The van der Waals surface area contributed by atoms with Gasteiger partial charge in [0.15, 0.2) is 14.5 Å². The summed E-state index contributed by atoms with van der Waals surface area (Å²) < 4.78 is 57.7. The van der Waals surface area contributed by atoms with E-state index in [2.05, 4.69) is 38.8 Å². The summed E-state index contributed by atoms with van der Waals surface area (Å²) >= 11 is 0. The van der Waals surface area contributed by atoms with E-state index in [-0.39, 0.29) is 18.3 Å². The van der Waals surface area contributed by atoms with Crippen LogP contribution in [0.3, 0.4) is 0 Å². The fourth-order valence-electron chi connectivity index (χ4n) is 5.99. The molecule has 0 spiro atoms. The number of aromatic nitrogens is 2. The van der Waals surface area contributed by atoms with Gasteiger partial charge in [-0.2, -0.15) is 8.42 Å². The van der Waals surface area contributed by atoms with E-state index < -0.39 is 59.6 Å². The average Bonchev–Trinajstić information content (AvgIpc) is 3.40. The van der Waals surface area contributed by atoms with Crippen molar-refractivity contribution in [3.8, 4) is 5.75 Å². The smallest absolute Gasteiger partial charge is 0.330 e. The number of ether oxygens (including phenoxy) is 3. The molecule has 11 nitrogen and oxygen atoms in total. The Labute approximate surface area is 294 Å². The van der Waals surface area contributed by atoms with Crippen LogP contribution in [0.5, 0.6) is 5.75 Å². The van der Waals surface area contributed by atoms with Crippen LogP contribution in [0.25, 0.3) is 0 Å². The molecule has 3 aromatic carbocycles. The lowest BCUT2D eigenvalue weighted by Crippen LogP contribution is -2.49. The third-order valence-corrected chi connectivity index (χ3v) is 14.7. The Bertz CT molecular complexity index is 1920. The van der Waals surface area contributed by atoms with Gasteiger partial charge in [-0.05, 0) is 47.0 Å². The molecule has 4 aromatic rings. The summed E-state index contributed by atoms with van der Waals surface area (Å²) in [4.78, 5) is 27.6. The Morgan fingerprint density at radius 3 is 1.90 bits per heavy atom. The zero-order chi connectivity index (χ0) is 36.3. The van der Waals surface area contributed by atoms with Gasteiger partial charge in [0.2, 0.25) is 0 Å². The van der Waals surface area contributed by atoms with E-state index in [4.69, 9.17) is 22.8 Å². The van der Waals surface area contributed by atoms with Crippen molar-refractivity contribution >= 4 is 18.4 Å². The molecule has 0 unspecified atom stereocenters. The van der Waals surface area contributed by atoms with E-state index in [0.717, 1.165) is 22.9 Å². The summed E-state index contributed by atoms with van der Waals surface area (Å²) in [6.07, 6.45) is -0.332. The average molecular weight is 723 g/mol. The van der Waals surface area contributed by atoms with Crippen LogP contribution in [0.2, 0.25) is 18.1 Å². The van der Waals surface area contributed by atoms with Gasteiger partial charge >= 0.3 is 5.69 Å². The number of H-pyrrole nitrogens is 1. The van der Waals surface area contributed by atoms with Crippen LogP contribution in [0.15, 0.2) is 107 Å². The molecular formula is C37H46N2O9SSi.